The molecule has 1 aromatic carbocycles. The van der Waals surface area contributed by atoms with Crippen molar-refractivity contribution >= 4 is 28.9 Å². The third-order valence-electron chi connectivity index (χ3n) is 1.77. The molecule has 0 spiro atoms. The van der Waals surface area contributed by atoms with E-state index in [0.717, 1.165) is 0 Å². The lowest BCUT2D eigenvalue weighted by molar-refractivity contribution is -0.118. The standard InChI is InChI=1S/C8H5ClN2O3/c9-4-1-5(11-13)8-6(2-4)14-3-7(12)10-8/h1-2H,3H2,(H,10,12). The second-order valence-corrected chi connectivity index (χ2v) is 3.16. The molecule has 0 atom stereocenters. The van der Waals surface area contributed by atoms with Crippen LogP contribution in [0.3, 0.4) is 0 Å². The van der Waals surface area contributed by atoms with Crippen LogP contribution in [0.25, 0.3) is 0 Å². The van der Waals surface area contributed by atoms with Crippen molar-refractivity contribution in [1.82, 2.24) is 0 Å². The van der Waals surface area contributed by atoms with E-state index in [9.17, 15) is 9.70 Å². The predicted octanol–water partition coefficient (Wildman–Crippen LogP) is 2.07. The molecule has 1 heterocycles. The van der Waals surface area contributed by atoms with E-state index in [2.05, 4.69) is 10.5 Å². The Kier molecular flexibility index (Phi) is 2.09. The smallest absolute Gasteiger partial charge is 0.262 e. The van der Waals surface area contributed by atoms with Gasteiger partial charge in [0.25, 0.3) is 5.91 Å². The fourth-order valence-corrected chi connectivity index (χ4v) is 1.40. The average molecular weight is 213 g/mol. The topological polar surface area (TPSA) is 67.8 Å². The highest BCUT2D eigenvalue weighted by molar-refractivity contribution is 6.31. The van der Waals surface area contributed by atoms with Crippen LogP contribution in [0.1, 0.15) is 0 Å². The quantitative estimate of drug-likeness (QED) is 0.725. The fraction of sp³-hybridized carbons (Fsp3) is 0.125. The summed E-state index contributed by atoms with van der Waals surface area (Å²) >= 11 is 5.71. The lowest BCUT2D eigenvalue weighted by atomic mass is 10.2. The molecule has 14 heavy (non-hydrogen) atoms. The van der Waals surface area contributed by atoms with Gasteiger partial charge in [0, 0.05) is 11.1 Å². The maximum absolute atomic E-state index is 11.0. The third kappa shape index (κ3) is 1.42. The number of nitrogens with one attached hydrogen (secondary N) is 1. The largest absolute Gasteiger partial charge is 0.481 e. The van der Waals surface area contributed by atoms with Crippen LogP contribution in [0.4, 0.5) is 11.4 Å². The van der Waals surface area contributed by atoms with Crippen LogP contribution in [0.2, 0.25) is 5.02 Å². The zero-order chi connectivity index (χ0) is 10.1. The zero-order valence-electron chi connectivity index (χ0n) is 6.91. The number of nitroso groups, excluding NO2 is 1. The minimum Gasteiger partial charge on any atom is -0.481 e. The summed E-state index contributed by atoms with van der Waals surface area (Å²) < 4.78 is 5.06. The number of hydrogen-bond acceptors (Lipinski definition) is 4. The fourth-order valence-electron chi connectivity index (χ4n) is 1.20. The molecule has 1 amide bonds. The maximum atomic E-state index is 11.0. The third-order valence-corrected chi connectivity index (χ3v) is 1.99. The molecule has 0 aromatic heterocycles. The van der Waals surface area contributed by atoms with Crippen LogP contribution in [0, 0.1) is 4.91 Å². The molecule has 0 unspecified atom stereocenters. The predicted molar refractivity (Wildman–Crippen MR) is 51.0 cm³/mol. The molecule has 0 fully saturated rings. The van der Waals surface area contributed by atoms with Crippen molar-refractivity contribution in [2.75, 3.05) is 11.9 Å². The van der Waals surface area contributed by atoms with Crippen LogP contribution < -0.4 is 10.1 Å². The molecule has 5 nitrogen and oxygen atoms in total. The van der Waals surface area contributed by atoms with Crippen molar-refractivity contribution in [3.8, 4) is 5.75 Å². The Morgan fingerprint density at radius 1 is 1.50 bits per heavy atom. The highest BCUT2D eigenvalue weighted by atomic mass is 35.5. The van der Waals surface area contributed by atoms with Gasteiger partial charge in [-0.05, 0) is 11.2 Å². The molecule has 72 valence electrons. The minimum atomic E-state index is -0.315. The highest BCUT2D eigenvalue weighted by Gasteiger charge is 2.20. The second-order valence-electron chi connectivity index (χ2n) is 2.73. The highest BCUT2D eigenvalue weighted by Crippen LogP contribution is 2.39. The van der Waals surface area contributed by atoms with Crippen molar-refractivity contribution in [2.45, 2.75) is 0 Å². The summed E-state index contributed by atoms with van der Waals surface area (Å²) in [7, 11) is 0. The summed E-state index contributed by atoms with van der Waals surface area (Å²) in [5.74, 6) is 0.0522. The van der Waals surface area contributed by atoms with E-state index in [-0.39, 0.29) is 23.9 Å². The lowest BCUT2D eigenvalue weighted by Crippen LogP contribution is -2.25. The molecule has 0 saturated heterocycles. The number of amides is 1. The Labute approximate surface area is 84.0 Å². The first-order chi connectivity index (χ1) is 6.70. The number of anilines is 1. The molecule has 6 heteroatoms. The number of fused-ring (bicyclic) bond motifs is 1. The van der Waals surface area contributed by atoms with Gasteiger partial charge < -0.3 is 10.1 Å². The van der Waals surface area contributed by atoms with Gasteiger partial charge in [-0.25, -0.2) is 0 Å². The number of carbonyl (C=O) groups is 1. The number of carbonyl (C=O) groups excluding carboxylic acids is 1. The van der Waals surface area contributed by atoms with E-state index in [1.54, 1.807) is 0 Å². The molecule has 0 aliphatic carbocycles. The van der Waals surface area contributed by atoms with E-state index in [4.69, 9.17) is 16.3 Å². The van der Waals surface area contributed by atoms with Crippen LogP contribution in [-0.2, 0) is 4.79 Å². The summed E-state index contributed by atoms with van der Waals surface area (Å²) in [6.45, 7) is -0.0777. The Morgan fingerprint density at radius 3 is 3.00 bits per heavy atom. The van der Waals surface area contributed by atoms with E-state index >= 15 is 0 Å². The van der Waals surface area contributed by atoms with Gasteiger partial charge in [-0.2, -0.15) is 0 Å². The molecule has 1 aliphatic rings. The van der Waals surface area contributed by atoms with Crippen molar-refractivity contribution in [2.24, 2.45) is 5.18 Å². The van der Waals surface area contributed by atoms with Crippen molar-refractivity contribution in [3.63, 3.8) is 0 Å². The molecule has 1 N–H and O–H groups in total. The minimum absolute atomic E-state index is 0.0700. The molecule has 0 saturated carbocycles. The number of halogens is 1. The monoisotopic (exact) mass is 212 g/mol. The van der Waals surface area contributed by atoms with E-state index < -0.39 is 0 Å². The van der Waals surface area contributed by atoms with E-state index in [1.165, 1.54) is 12.1 Å². The summed E-state index contributed by atoms with van der Waals surface area (Å²) in [4.78, 5) is 21.4. The zero-order valence-corrected chi connectivity index (χ0v) is 7.67. The van der Waals surface area contributed by atoms with Crippen molar-refractivity contribution in [1.29, 1.82) is 0 Å². The van der Waals surface area contributed by atoms with Gasteiger partial charge in [0.05, 0.1) is 0 Å². The summed E-state index contributed by atoms with van der Waals surface area (Å²) in [6, 6.07) is 2.88. The second kappa shape index (κ2) is 3.26. The Morgan fingerprint density at radius 2 is 2.29 bits per heavy atom. The lowest BCUT2D eigenvalue weighted by Gasteiger charge is -2.18. The number of benzene rings is 1. The van der Waals surface area contributed by atoms with Crippen molar-refractivity contribution < 1.29 is 9.53 Å². The van der Waals surface area contributed by atoms with Gasteiger partial charge in [-0.3, -0.25) is 4.79 Å². The molecular formula is C8H5ClN2O3. The van der Waals surface area contributed by atoms with Gasteiger partial charge in [-0.1, -0.05) is 11.6 Å². The maximum Gasteiger partial charge on any atom is 0.262 e. The van der Waals surface area contributed by atoms with Crippen molar-refractivity contribution in [3.05, 3.63) is 22.1 Å². The Hall–Kier alpha value is -1.62. The molecule has 1 aliphatic heterocycles. The van der Waals surface area contributed by atoms with Gasteiger partial charge in [0.1, 0.15) is 17.1 Å². The van der Waals surface area contributed by atoms with Crippen LogP contribution in [0.15, 0.2) is 17.3 Å². The number of rotatable bonds is 1. The number of hydrogen-bond donors (Lipinski definition) is 1. The van der Waals surface area contributed by atoms with E-state index in [0.29, 0.717) is 10.8 Å². The normalized spacial score (nSPS) is 13.9. The first kappa shape index (κ1) is 8.96. The first-order valence-electron chi connectivity index (χ1n) is 3.80. The molecule has 0 radical (unpaired) electrons. The van der Waals surface area contributed by atoms with Gasteiger partial charge in [0.2, 0.25) is 0 Å². The molecule has 0 bridgehead atoms. The van der Waals surface area contributed by atoms with Crippen LogP contribution >= 0.6 is 11.6 Å². The molecular weight excluding hydrogens is 208 g/mol. The first-order valence-corrected chi connectivity index (χ1v) is 4.18. The van der Waals surface area contributed by atoms with Crippen LogP contribution in [-0.4, -0.2) is 12.5 Å². The summed E-state index contributed by atoms with van der Waals surface area (Å²) in [5, 5.41) is 5.58. The van der Waals surface area contributed by atoms with Gasteiger partial charge in [0.15, 0.2) is 6.61 Å². The summed E-state index contributed by atoms with van der Waals surface area (Å²) in [5.41, 5.74) is 0.348. The number of ether oxygens (including phenoxy) is 1. The molecule has 1 aromatic rings. The average Bonchev–Trinajstić information content (AvgIpc) is 2.17. The molecule has 2 rings (SSSR count). The van der Waals surface area contributed by atoms with Gasteiger partial charge in [-0.15, -0.1) is 4.91 Å². The van der Waals surface area contributed by atoms with Gasteiger partial charge >= 0.3 is 0 Å². The SMILES string of the molecule is O=Nc1cc(Cl)cc2c1NC(=O)CO2. The Balaban J connectivity index is 2.57. The van der Waals surface area contributed by atoms with Crippen LogP contribution in [0.5, 0.6) is 5.75 Å². The number of nitrogens with zero attached hydrogens (tertiary/aromatic N) is 1. The van der Waals surface area contributed by atoms with E-state index in [1.807, 2.05) is 0 Å². The summed E-state index contributed by atoms with van der Waals surface area (Å²) in [6.07, 6.45) is 0. The Bertz CT molecular complexity index is 419.